The Labute approximate surface area is 143 Å². The molecule has 24 heavy (non-hydrogen) atoms. The molecule has 0 amide bonds. The molecule has 2 heterocycles. The van der Waals surface area contributed by atoms with Gasteiger partial charge in [0.05, 0.1) is 15.1 Å². The number of hydrogen-bond acceptors (Lipinski definition) is 5. The number of benzene rings is 1. The second-order valence-corrected chi connectivity index (χ2v) is 8.41. The summed E-state index contributed by atoms with van der Waals surface area (Å²) in [5, 5.41) is 0. The highest BCUT2D eigenvalue weighted by Crippen LogP contribution is 2.24. The van der Waals surface area contributed by atoms with E-state index in [4.69, 9.17) is 0 Å². The molecule has 1 N–H and O–H groups in total. The van der Waals surface area contributed by atoms with Gasteiger partial charge in [-0.05, 0) is 43.7 Å². The Morgan fingerprint density at radius 3 is 2.75 bits per heavy atom. The van der Waals surface area contributed by atoms with Crippen molar-refractivity contribution in [3.05, 3.63) is 58.0 Å². The van der Waals surface area contributed by atoms with Crippen molar-refractivity contribution in [2.45, 2.75) is 31.3 Å². The van der Waals surface area contributed by atoms with Crippen molar-refractivity contribution in [3.63, 3.8) is 0 Å². The van der Waals surface area contributed by atoms with Crippen molar-refractivity contribution < 1.29 is 8.42 Å². The third kappa shape index (κ3) is 3.26. The van der Waals surface area contributed by atoms with E-state index in [2.05, 4.69) is 9.71 Å². The molecule has 0 fully saturated rings. The number of nitrogens with one attached hydrogen (secondary N) is 1. The van der Waals surface area contributed by atoms with Crippen LogP contribution in [0.15, 0.2) is 52.4 Å². The van der Waals surface area contributed by atoms with Crippen molar-refractivity contribution in [2.24, 2.45) is 0 Å². The number of pyridine rings is 1. The molecule has 0 spiro atoms. The minimum atomic E-state index is -3.66. The van der Waals surface area contributed by atoms with E-state index in [1.165, 1.54) is 6.07 Å². The highest BCUT2D eigenvalue weighted by atomic mass is 32.2. The molecule has 0 bridgehead atoms. The lowest BCUT2D eigenvalue weighted by Crippen LogP contribution is -2.23. The van der Waals surface area contributed by atoms with Gasteiger partial charge in [-0.3, -0.25) is 14.3 Å². The van der Waals surface area contributed by atoms with Crippen LogP contribution in [-0.4, -0.2) is 18.0 Å². The van der Waals surface area contributed by atoms with Crippen molar-refractivity contribution in [3.8, 4) is 0 Å². The lowest BCUT2D eigenvalue weighted by atomic mass is 10.3. The summed E-state index contributed by atoms with van der Waals surface area (Å²) >= 11 is 1.06. The Balaban J connectivity index is 1.92. The first kappa shape index (κ1) is 16.8. The summed E-state index contributed by atoms with van der Waals surface area (Å²) in [6.07, 6.45) is 3.24. The van der Waals surface area contributed by atoms with Crippen LogP contribution in [0, 0.1) is 0 Å². The van der Waals surface area contributed by atoms with Gasteiger partial charge in [0.25, 0.3) is 0 Å². The molecule has 0 aliphatic carbocycles. The maximum absolute atomic E-state index is 12.5. The Morgan fingerprint density at radius 2 is 2.08 bits per heavy atom. The van der Waals surface area contributed by atoms with Crippen LogP contribution in [0.1, 0.15) is 25.5 Å². The molecule has 0 saturated carbocycles. The van der Waals surface area contributed by atoms with Gasteiger partial charge in [-0.25, -0.2) is 13.1 Å². The smallest absolute Gasteiger partial charge is 0.296 e. The van der Waals surface area contributed by atoms with E-state index in [0.29, 0.717) is 4.70 Å². The first-order valence-corrected chi connectivity index (χ1v) is 9.72. The van der Waals surface area contributed by atoms with E-state index >= 15 is 0 Å². The molecule has 0 unspecified atom stereocenters. The van der Waals surface area contributed by atoms with Gasteiger partial charge < -0.3 is 0 Å². The highest BCUT2D eigenvalue weighted by Gasteiger charge is 2.17. The molecule has 1 aromatic carbocycles. The van der Waals surface area contributed by atoms with E-state index in [-0.39, 0.29) is 22.4 Å². The zero-order chi connectivity index (χ0) is 17.3. The molecule has 126 valence electrons. The minimum absolute atomic E-state index is 0.0254. The van der Waals surface area contributed by atoms with Crippen LogP contribution in [0.25, 0.3) is 10.2 Å². The molecule has 3 aromatic rings. The summed E-state index contributed by atoms with van der Waals surface area (Å²) in [4.78, 5) is 16.1. The first-order valence-electron chi connectivity index (χ1n) is 7.42. The molecule has 0 aliphatic heterocycles. The molecule has 0 radical (unpaired) electrons. The Morgan fingerprint density at radius 1 is 1.29 bits per heavy atom. The van der Waals surface area contributed by atoms with Crippen LogP contribution in [-0.2, 0) is 16.6 Å². The molecule has 2 aromatic heterocycles. The van der Waals surface area contributed by atoms with Crippen LogP contribution in [0.5, 0.6) is 0 Å². The van der Waals surface area contributed by atoms with E-state index in [1.807, 2.05) is 13.8 Å². The third-order valence-electron chi connectivity index (χ3n) is 3.60. The quantitative estimate of drug-likeness (QED) is 0.755. The fourth-order valence-corrected chi connectivity index (χ4v) is 4.61. The van der Waals surface area contributed by atoms with E-state index in [9.17, 15) is 13.2 Å². The summed E-state index contributed by atoms with van der Waals surface area (Å²) in [6.45, 7) is 4.01. The van der Waals surface area contributed by atoms with Gasteiger partial charge in [0, 0.05) is 25.0 Å². The fraction of sp³-hybridized carbons (Fsp3) is 0.250. The molecule has 0 saturated heterocycles. The topological polar surface area (TPSA) is 81.1 Å². The largest absolute Gasteiger partial charge is 0.308 e. The van der Waals surface area contributed by atoms with Gasteiger partial charge in [-0.1, -0.05) is 17.4 Å². The maximum Gasteiger partial charge on any atom is 0.308 e. The van der Waals surface area contributed by atoms with Gasteiger partial charge in [-0.15, -0.1) is 0 Å². The van der Waals surface area contributed by atoms with Gasteiger partial charge >= 0.3 is 4.87 Å². The van der Waals surface area contributed by atoms with E-state index in [0.717, 1.165) is 22.4 Å². The number of hydrogen-bond donors (Lipinski definition) is 1. The van der Waals surface area contributed by atoms with E-state index in [1.54, 1.807) is 41.2 Å². The van der Waals surface area contributed by atoms with Gasteiger partial charge in [0.2, 0.25) is 10.0 Å². The van der Waals surface area contributed by atoms with Gasteiger partial charge in [-0.2, -0.15) is 0 Å². The minimum Gasteiger partial charge on any atom is -0.296 e. The van der Waals surface area contributed by atoms with Crippen molar-refractivity contribution in [1.82, 2.24) is 14.3 Å². The normalized spacial score (nSPS) is 12.1. The molecule has 6 nitrogen and oxygen atoms in total. The highest BCUT2D eigenvalue weighted by molar-refractivity contribution is 7.89. The number of aromatic nitrogens is 2. The van der Waals surface area contributed by atoms with E-state index < -0.39 is 10.0 Å². The average Bonchev–Trinajstić information content (AvgIpc) is 2.89. The van der Waals surface area contributed by atoms with Gasteiger partial charge in [0.15, 0.2) is 0 Å². The van der Waals surface area contributed by atoms with Crippen LogP contribution in [0.4, 0.5) is 0 Å². The number of fused-ring (bicyclic) bond motifs is 1. The zero-order valence-corrected chi connectivity index (χ0v) is 14.9. The van der Waals surface area contributed by atoms with Crippen LogP contribution in [0.2, 0.25) is 0 Å². The van der Waals surface area contributed by atoms with Crippen molar-refractivity contribution in [2.75, 3.05) is 0 Å². The average molecular weight is 363 g/mol. The summed E-state index contributed by atoms with van der Waals surface area (Å²) < 4.78 is 29.8. The lowest BCUT2D eigenvalue weighted by Gasteiger charge is -2.09. The van der Waals surface area contributed by atoms with Crippen molar-refractivity contribution >= 4 is 31.6 Å². The van der Waals surface area contributed by atoms with Crippen molar-refractivity contribution in [1.29, 1.82) is 0 Å². The van der Waals surface area contributed by atoms with Crippen LogP contribution >= 0.6 is 11.3 Å². The fourth-order valence-electron chi connectivity index (χ4n) is 2.44. The first-order chi connectivity index (χ1) is 11.4. The zero-order valence-electron chi connectivity index (χ0n) is 13.3. The van der Waals surface area contributed by atoms with Gasteiger partial charge in [0.1, 0.15) is 0 Å². The summed E-state index contributed by atoms with van der Waals surface area (Å²) in [5.74, 6) is 0. The summed E-state index contributed by atoms with van der Waals surface area (Å²) in [5.41, 5.74) is 1.53. The number of nitrogens with zero attached hydrogens (tertiary/aromatic N) is 2. The van der Waals surface area contributed by atoms with Crippen LogP contribution in [0.3, 0.4) is 0 Å². The SMILES string of the molecule is CC(C)n1c(=O)sc2cc(S(=O)(=O)NCc3cccnc3)ccc21. The number of sulfonamides is 1. The van der Waals surface area contributed by atoms with Crippen LogP contribution < -0.4 is 9.60 Å². The number of thiazole rings is 1. The maximum atomic E-state index is 12.5. The molecular formula is C16H17N3O3S2. The lowest BCUT2D eigenvalue weighted by molar-refractivity contribution is 0.581. The summed E-state index contributed by atoms with van der Waals surface area (Å²) in [7, 11) is -3.66. The Bertz CT molecular complexity index is 1020. The Kier molecular flexibility index (Phi) is 4.53. The molecule has 3 rings (SSSR count). The second-order valence-electron chi connectivity index (χ2n) is 5.65. The monoisotopic (exact) mass is 363 g/mol. The second kappa shape index (κ2) is 6.46. The molecular weight excluding hydrogens is 346 g/mol. The molecule has 0 atom stereocenters. The predicted molar refractivity (Wildman–Crippen MR) is 94.7 cm³/mol. The standard InChI is InChI=1S/C16H17N3O3S2/c1-11(2)19-14-6-5-13(8-15(14)23-16(19)20)24(21,22)18-10-12-4-3-7-17-9-12/h3-9,11,18H,10H2,1-2H3. The molecule has 8 heteroatoms. The molecule has 0 aliphatic rings. The summed E-state index contributed by atoms with van der Waals surface area (Å²) in [6, 6.07) is 8.34. The Hall–Kier alpha value is -2.03. The predicted octanol–water partition coefficient (Wildman–Crippen LogP) is 2.52. The number of rotatable bonds is 5. The third-order valence-corrected chi connectivity index (χ3v) is 5.92.